The topological polar surface area (TPSA) is 35.2 Å². The zero-order chi connectivity index (χ0) is 13.0. The van der Waals surface area contributed by atoms with E-state index >= 15 is 0 Å². The second kappa shape index (κ2) is 5.89. The van der Waals surface area contributed by atoms with Gasteiger partial charge >= 0.3 is 0 Å². The minimum atomic E-state index is 0.556. The predicted octanol–water partition coefficient (Wildman–Crippen LogP) is 3.40. The number of hydrogen-bond donors (Lipinski definition) is 1. The van der Waals surface area contributed by atoms with Crippen molar-refractivity contribution in [3.8, 4) is 5.75 Å². The molecule has 2 aromatic carbocycles. The fourth-order valence-electron chi connectivity index (χ4n) is 1.97. The highest BCUT2D eigenvalue weighted by molar-refractivity contribution is 6.30. The van der Waals surface area contributed by atoms with Crippen LogP contribution >= 0.6 is 11.6 Å². The summed E-state index contributed by atoms with van der Waals surface area (Å²) in [6, 6.07) is 13.9. The van der Waals surface area contributed by atoms with Gasteiger partial charge in [0.2, 0.25) is 0 Å². The van der Waals surface area contributed by atoms with Crippen LogP contribution in [-0.4, -0.2) is 7.11 Å². The van der Waals surface area contributed by atoms with E-state index in [0.717, 1.165) is 28.3 Å². The van der Waals surface area contributed by atoms with Crippen LogP contribution in [0, 0.1) is 0 Å². The van der Waals surface area contributed by atoms with E-state index in [1.54, 1.807) is 7.11 Å². The normalized spacial score (nSPS) is 10.4. The number of methoxy groups -OCH3 is 1. The van der Waals surface area contributed by atoms with Crippen molar-refractivity contribution in [2.45, 2.75) is 13.0 Å². The quantitative estimate of drug-likeness (QED) is 0.916. The monoisotopic (exact) mass is 261 g/mol. The molecule has 0 amide bonds. The van der Waals surface area contributed by atoms with Gasteiger partial charge in [-0.1, -0.05) is 35.9 Å². The number of hydrogen-bond acceptors (Lipinski definition) is 2. The van der Waals surface area contributed by atoms with Crippen LogP contribution < -0.4 is 10.5 Å². The molecule has 0 saturated heterocycles. The molecule has 3 heteroatoms. The Balaban J connectivity index is 2.29. The molecule has 18 heavy (non-hydrogen) atoms. The summed E-state index contributed by atoms with van der Waals surface area (Å²) >= 11 is 6.02. The van der Waals surface area contributed by atoms with Crippen molar-refractivity contribution < 1.29 is 4.74 Å². The van der Waals surface area contributed by atoms with E-state index in [9.17, 15) is 0 Å². The standard InChI is InChI=1S/C15H16ClNO/c1-18-15-6-5-14(16)9-13(15)8-11-3-2-4-12(7-11)10-17/h2-7,9H,8,10,17H2,1H3. The van der Waals surface area contributed by atoms with Gasteiger partial charge in [0, 0.05) is 18.0 Å². The molecule has 2 rings (SSSR count). The second-order valence-corrected chi connectivity index (χ2v) is 4.59. The molecule has 2 N–H and O–H groups in total. The number of nitrogens with two attached hydrogens (primary N) is 1. The SMILES string of the molecule is COc1ccc(Cl)cc1Cc1cccc(CN)c1. The molecule has 0 fully saturated rings. The molecule has 0 radical (unpaired) electrons. The number of rotatable bonds is 4. The van der Waals surface area contributed by atoms with Crippen LogP contribution in [0.5, 0.6) is 5.75 Å². The Bertz CT molecular complexity index is 540. The molecule has 94 valence electrons. The lowest BCUT2D eigenvalue weighted by molar-refractivity contribution is 0.410. The molecule has 0 aromatic heterocycles. The number of benzene rings is 2. The van der Waals surface area contributed by atoms with E-state index in [2.05, 4.69) is 12.1 Å². The average molecular weight is 262 g/mol. The van der Waals surface area contributed by atoms with Crippen LogP contribution in [0.4, 0.5) is 0 Å². The Labute approximate surface area is 112 Å². The average Bonchev–Trinajstić information content (AvgIpc) is 2.39. The number of ether oxygens (including phenoxy) is 1. The molecular formula is C15H16ClNO. The summed E-state index contributed by atoms with van der Waals surface area (Å²) in [5, 5.41) is 0.723. The first-order chi connectivity index (χ1) is 8.72. The van der Waals surface area contributed by atoms with Crippen molar-refractivity contribution in [2.75, 3.05) is 7.11 Å². The van der Waals surface area contributed by atoms with E-state index in [1.807, 2.05) is 30.3 Å². The molecule has 0 spiro atoms. The van der Waals surface area contributed by atoms with Crippen molar-refractivity contribution in [3.05, 3.63) is 64.2 Å². The fraction of sp³-hybridized carbons (Fsp3) is 0.200. The first kappa shape index (κ1) is 12.9. The summed E-state index contributed by atoms with van der Waals surface area (Å²) in [7, 11) is 1.67. The largest absolute Gasteiger partial charge is 0.496 e. The van der Waals surface area contributed by atoms with Gasteiger partial charge < -0.3 is 10.5 Å². The van der Waals surface area contributed by atoms with E-state index < -0.39 is 0 Å². The first-order valence-electron chi connectivity index (χ1n) is 5.83. The molecule has 0 heterocycles. The highest BCUT2D eigenvalue weighted by Gasteiger charge is 2.05. The molecule has 0 aliphatic carbocycles. The van der Waals surface area contributed by atoms with Crippen LogP contribution in [0.3, 0.4) is 0 Å². The van der Waals surface area contributed by atoms with Crippen LogP contribution in [0.25, 0.3) is 0 Å². The molecule has 0 unspecified atom stereocenters. The predicted molar refractivity (Wildman–Crippen MR) is 75.1 cm³/mol. The maximum absolute atomic E-state index is 6.02. The van der Waals surface area contributed by atoms with Crippen molar-refractivity contribution in [1.82, 2.24) is 0 Å². The lowest BCUT2D eigenvalue weighted by Crippen LogP contribution is -1.98. The molecule has 0 saturated carbocycles. The zero-order valence-electron chi connectivity index (χ0n) is 10.3. The Morgan fingerprint density at radius 2 is 1.89 bits per heavy atom. The fourth-order valence-corrected chi connectivity index (χ4v) is 2.17. The van der Waals surface area contributed by atoms with E-state index in [-0.39, 0.29) is 0 Å². The Hall–Kier alpha value is -1.51. The molecule has 2 nitrogen and oxygen atoms in total. The molecule has 0 atom stereocenters. The van der Waals surface area contributed by atoms with Gasteiger partial charge in [-0.3, -0.25) is 0 Å². The van der Waals surface area contributed by atoms with E-state index in [0.29, 0.717) is 6.54 Å². The molecule has 2 aromatic rings. The summed E-state index contributed by atoms with van der Waals surface area (Å²) in [6.07, 6.45) is 0.789. The van der Waals surface area contributed by atoms with E-state index in [1.165, 1.54) is 5.56 Å². The molecular weight excluding hydrogens is 246 g/mol. The van der Waals surface area contributed by atoms with Crippen molar-refractivity contribution in [3.63, 3.8) is 0 Å². The highest BCUT2D eigenvalue weighted by Crippen LogP contribution is 2.25. The van der Waals surface area contributed by atoms with Crippen molar-refractivity contribution in [2.24, 2.45) is 5.73 Å². The highest BCUT2D eigenvalue weighted by atomic mass is 35.5. The Kier molecular flexibility index (Phi) is 4.24. The third-order valence-corrected chi connectivity index (χ3v) is 3.10. The van der Waals surface area contributed by atoms with Crippen molar-refractivity contribution in [1.29, 1.82) is 0 Å². The Morgan fingerprint density at radius 3 is 2.61 bits per heavy atom. The minimum Gasteiger partial charge on any atom is -0.496 e. The van der Waals surface area contributed by atoms with Gasteiger partial charge in [-0.15, -0.1) is 0 Å². The third kappa shape index (κ3) is 3.03. The maximum atomic E-state index is 6.02. The van der Waals surface area contributed by atoms with Crippen LogP contribution in [-0.2, 0) is 13.0 Å². The number of halogens is 1. The lowest BCUT2D eigenvalue weighted by atomic mass is 10.0. The lowest BCUT2D eigenvalue weighted by Gasteiger charge is -2.09. The summed E-state index contributed by atoms with van der Waals surface area (Å²) in [5.41, 5.74) is 9.07. The molecule has 0 bridgehead atoms. The van der Waals surface area contributed by atoms with Gasteiger partial charge in [-0.2, -0.15) is 0 Å². The summed E-state index contributed by atoms with van der Waals surface area (Å²) in [4.78, 5) is 0. The van der Waals surface area contributed by atoms with Crippen LogP contribution in [0.1, 0.15) is 16.7 Å². The Morgan fingerprint density at radius 1 is 1.11 bits per heavy atom. The molecule has 0 aliphatic rings. The van der Waals surface area contributed by atoms with Gasteiger partial charge in [0.25, 0.3) is 0 Å². The van der Waals surface area contributed by atoms with Crippen LogP contribution in [0.2, 0.25) is 5.02 Å². The van der Waals surface area contributed by atoms with Gasteiger partial charge in [-0.25, -0.2) is 0 Å². The summed E-state index contributed by atoms with van der Waals surface area (Å²) < 4.78 is 5.35. The van der Waals surface area contributed by atoms with Crippen LogP contribution in [0.15, 0.2) is 42.5 Å². The zero-order valence-corrected chi connectivity index (χ0v) is 11.1. The summed E-state index contributed by atoms with van der Waals surface area (Å²) in [6.45, 7) is 0.556. The second-order valence-electron chi connectivity index (χ2n) is 4.16. The van der Waals surface area contributed by atoms with E-state index in [4.69, 9.17) is 22.1 Å². The third-order valence-electron chi connectivity index (χ3n) is 2.86. The van der Waals surface area contributed by atoms with Crippen molar-refractivity contribution >= 4 is 11.6 Å². The summed E-state index contributed by atoms with van der Waals surface area (Å²) in [5.74, 6) is 0.859. The molecule has 0 aliphatic heterocycles. The minimum absolute atomic E-state index is 0.556. The first-order valence-corrected chi connectivity index (χ1v) is 6.21. The van der Waals surface area contributed by atoms with Gasteiger partial charge in [-0.05, 0) is 34.9 Å². The van der Waals surface area contributed by atoms with Gasteiger partial charge in [0.05, 0.1) is 7.11 Å². The van der Waals surface area contributed by atoms with Gasteiger partial charge in [0.1, 0.15) is 5.75 Å². The van der Waals surface area contributed by atoms with Gasteiger partial charge in [0.15, 0.2) is 0 Å². The smallest absolute Gasteiger partial charge is 0.122 e. The maximum Gasteiger partial charge on any atom is 0.122 e.